The zero-order valence-corrected chi connectivity index (χ0v) is 12.7. The van der Waals surface area contributed by atoms with E-state index in [0.29, 0.717) is 5.92 Å². The minimum atomic E-state index is 0.553. The van der Waals surface area contributed by atoms with Crippen LogP contribution in [0.25, 0.3) is 0 Å². The van der Waals surface area contributed by atoms with Gasteiger partial charge in [-0.2, -0.15) is 0 Å². The molecule has 98 valence electrons. The molecule has 1 fully saturated rings. The molecular weight excluding hydrogens is 302 g/mol. The summed E-state index contributed by atoms with van der Waals surface area (Å²) in [6.07, 6.45) is 2.42. The highest BCUT2D eigenvalue weighted by molar-refractivity contribution is 9.10. The van der Waals surface area contributed by atoms with Gasteiger partial charge in [-0.1, -0.05) is 6.07 Å². The van der Waals surface area contributed by atoms with Crippen LogP contribution in [0.2, 0.25) is 0 Å². The summed E-state index contributed by atoms with van der Waals surface area (Å²) in [7, 11) is 0. The molecule has 3 nitrogen and oxygen atoms in total. The number of nitrogens with one attached hydrogen (secondary N) is 1. The first-order valence-corrected chi connectivity index (χ1v) is 7.29. The number of anilines is 2. The zero-order chi connectivity index (χ0) is 13.4. The Morgan fingerprint density at radius 2 is 1.74 bits per heavy atom. The minimum absolute atomic E-state index is 0.553. The third-order valence-electron chi connectivity index (χ3n) is 3.15. The van der Waals surface area contributed by atoms with Crippen molar-refractivity contribution in [2.75, 3.05) is 5.32 Å². The van der Waals surface area contributed by atoms with E-state index in [9.17, 15) is 0 Å². The van der Waals surface area contributed by atoms with Gasteiger partial charge in [0.15, 0.2) is 0 Å². The maximum Gasteiger partial charge on any atom is 0.135 e. The van der Waals surface area contributed by atoms with E-state index in [1.807, 2.05) is 6.07 Å². The molecule has 2 aromatic rings. The van der Waals surface area contributed by atoms with Crippen LogP contribution in [-0.4, -0.2) is 9.97 Å². The molecule has 0 radical (unpaired) electrons. The molecule has 19 heavy (non-hydrogen) atoms. The van der Waals surface area contributed by atoms with E-state index in [0.717, 1.165) is 21.9 Å². The van der Waals surface area contributed by atoms with Crippen molar-refractivity contribution in [1.29, 1.82) is 0 Å². The van der Waals surface area contributed by atoms with E-state index >= 15 is 0 Å². The van der Waals surface area contributed by atoms with Crippen molar-refractivity contribution >= 4 is 27.4 Å². The molecule has 0 aliphatic heterocycles. The van der Waals surface area contributed by atoms with Gasteiger partial charge in [0.25, 0.3) is 0 Å². The fourth-order valence-electron chi connectivity index (χ4n) is 2.22. The van der Waals surface area contributed by atoms with Crippen molar-refractivity contribution in [2.45, 2.75) is 32.6 Å². The fourth-order valence-corrected chi connectivity index (χ4v) is 2.62. The normalized spacial score (nSPS) is 14.5. The van der Waals surface area contributed by atoms with Gasteiger partial charge in [-0.05, 0) is 65.9 Å². The van der Waals surface area contributed by atoms with Gasteiger partial charge < -0.3 is 5.32 Å². The Balaban J connectivity index is 1.89. The van der Waals surface area contributed by atoms with Gasteiger partial charge in [-0.15, -0.1) is 0 Å². The van der Waals surface area contributed by atoms with Crippen LogP contribution in [0.15, 0.2) is 28.9 Å². The highest BCUT2D eigenvalue weighted by Gasteiger charge is 2.27. The molecule has 1 heterocycles. The summed E-state index contributed by atoms with van der Waals surface area (Å²) in [5.41, 5.74) is 3.57. The number of benzene rings is 1. The SMILES string of the molecule is Cc1cc(C)cc(Nc2cc(Br)nc(C3CC3)n2)c1. The van der Waals surface area contributed by atoms with E-state index in [-0.39, 0.29) is 0 Å². The molecule has 1 aliphatic carbocycles. The molecule has 0 amide bonds. The predicted octanol–water partition coefficient (Wildman–Crippen LogP) is 4.48. The van der Waals surface area contributed by atoms with E-state index in [4.69, 9.17) is 0 Å². The molecule has 1 aromatic heterocycles. The molecule has 0 bridgehead atoms. The lowest BCUT2D eigenvalue weighted by molar-refractivity contribution is 0.919. The number of rotatable bonds is 3. The van der Waals surface area contributed by atoms with Crippen LogP contribution in [0.4, 0.5) is 11.5 Å². The highest BCUT2D eigenvalue weighted by Crippen LogP contribution is 2.39. The largest absolute Gasteiger partial charge is 0.340 e. The van der Waals surface area contributed by atoms with Crippen LogP contribution in [-0.2, 0) is 0 Å². The Kier molecular flexibility index (Phi) is 3.27. The maximum absolute atomic E-state index is 4.60. The number of nitrogens with zero attached hydrogens (tertiary/aromatic N) is 2. The van der Waals surface area contributed by atoms with Crippen LogP contribution in [0.1, 0.15) is 35.7 Å². The fraction of sp³-hybridized carbons (Fsp3) is 0.333. The molecule has 1 saturated carbocycles. The van der Waals surface area contributed by atoms with Crippen molar-refractivity contribution in [2.24, 2.45) is 0 Å². The molecule has 0 atom stereocenters. The number of aryl methyl sites for hydroxylation is 2. The van der Waals surface area contributed by atoms with Crippen LogP contribution in [0, 0.1) is 13.8 Å². The van der Waals surface area contributed by atoms with Crippen molar-refractivity contribution in [3.05, 3.63) is 45.8 Å². The number of hydrogen-bond acceptors (Lipinski definition) is 3. The summed E-state index contributed by atoms with van der Waals surface area (Å²) in [5.74, 6) is 2.35. The van der Waals surface area contributed by atoms with E-state index < -0.39 is 0 Å². The van der Waals surface area contributed by atoms with Crippen molar-refractivity contribution in [3.63, 3.8) is 0 Å². The first kappa shape index (κ1) is 12.6. The molecule has 0 saturated heterocycles. The Morgan fingerprint density at radius 3 is 2.37 bits per heavy atom. The standard InChI is InChI=1S/C15H16BrN3/c1-9-5-10(2)7-12(6-9)17-14-8-13(16)18-15(19-14)11-3-4-11/h5-8,11H,3-4H2,1-2H3,(H,17,18,19). The summed E-state index contributed by atoms with van der Waals surface area (Å²) < 4.78 is 0.844. The molecule has 1 aromatic carbocycles. The minimum Gasteiger partial charge on any atom is -0.340 e. The second kappa shape index (κ2) is 4.93. The third-order valence-corrected chi connectivity index (χ3v) is 3.56. The monoisotopic (exact) mass is 317 g/mol. The summed E-state index contributed by atoms with van der Waals surface area (Å²) in [6, 6.07) is 8.33. The second-order valence-corrected chi connectivity index (χ2v) is 6.02. The first-order chi connectivity index (χ1) is 9.10. The highest BCUT2D eigenvalue weighted by atomic mass is 79.9. The summed E-state index contributed by atoms with van der Waals surface area (Å²) >= 11 is 3.46. The van der Waals surface area contributed by atoms with E-state index in [1.54, 1.807) is 0 Å². The molecule has 4 heteroatoms. The Labute approximate surface area is 121 Å². The van der Waals surface area contributed by atoms with Crippen molar-refractivity contribution in [1.82, 2.24) is 9.97 Å². The van der Waals surface area contributed by atoms with Gasteiger partial charge in [-0.25, -0.2) is 9.97 Å². The predicted molar refractivity (Wildman–Crippen MR) is 80.9 cm³/mol. The van der Waals surface area contributed by atoms with E-state index in [2.05, 4.69) is 63.3 Å². The summed E-state index contributed by atoms with van der Waals surface area (Å²) in [4.78, 5) is 9.04. The zero-order valence-electron chi connectivity index (χ0n) is 11.1. The smallest absolute Gasteiger partial charge is 0.135 e. The lowest BCUT2D eigenvalue weighted by Gasteiger charge is -2.09. The quantitative estimate of drug-likeness (QED) is 0.848. The molecular formula is C15H16BrN3. The van der Waals surface area contributed by atoms with Gasteiger partial charge >= 0.3 is 0 Å². The summed E-state index contributed by atoms with van der Waals surface area (Å²) in [5, 5.41) is 3.37. The van der Waals surface area contributed by atoms with Gasteiger partial charge in [0.2, 0.25) is 0 Å². The van der Waals surface area contributed by atoms with Crippen molar-refractivity contribution in [3.8, 4) is 0 Å². The topological polar surface area (TPSA) is 37.8 Å². The van der Waals surface area contributed by atoms with Crippen molar-refractivity contribution < 1.29 is 0 Å². The average molecular weight is 318 g/mol. The molecule has 3 rings (SSSR count). The van der Waals surface area contributed by atoms with Crippen LogP contribution in [0.5, 0.6) is 0 Å². The van der Waals surface area contributed by atoms with Crippen LogP contribution >= 0.6 is 15.9 Å². The van der Waals surface area contributed by atoms with Gasteiger partial charge in [-0.3, -0.25) is 0 Å². The number of halogens is 1. The third kappa shape index (κ3) is 3.13. The molecule has 0 unspecified atom stereocenters. The Bertz CT molecular complexity index is 601. The lowest BCUT2D eigenvalue weighted by atomic mass is 10.1. The Morgan fingerprint density at radius 1 is 1.05 bits per heavy atom. The maximum atomic E-state index is 4.60. The molecule has 0 spiro atoms. The summed E-state index contributed by atoms with van der Waals surface area (Å²) in [6.45, 7) is 4.20. The number of hydrogen-bond donors (Lipinski definition) is 1. The second-order valence-electron chi connectivity index (χ2n) is 5.21. The average Bonchev–Trinajstić information content (AvgIpc) is 3.09. The van der Waals surface area contributed by atoms with Crippen LogP contribution in [0.3, 0.4) is 0 Å². The lowest BCUT2D eigenvalue weighted by Crippen LogP contribution is -2.00. The molecule has 1 N–H and O–H groups in total. The molecule has 1 aliphatic rings. The Hall–Kier alpha value is -1.42. The first-order valence-electron chi connectivity index (χ1n) is 6.50. The van der Waals surface area contributed by atoms with Gasteiger partial charge in [0, 0.05) is 17.7 Å². The number of aromatic nitrogens is 2. The van der Waals surface area contributed by atoms with Crippen LogP contribution < -0.4 is 5.32 Å². The van der Waals surface area contributed by atoms with Gasteiger partial charge in [0.1, 0.15) is 16.2 Å². The van der Waals surface area contributed by atoms with Gasteiger partial charge in [0.05, 0.1) is 0 Å². The van der Waals surface area contributed by atoms with E-state index in [1.165, 1.54) is 24.0 Å².